The standard InChI is InChI=1S/C7H14O2.Al.3H/c1-3-4-5-6(2)7(8)9;;;;/h6H,3-5H2,1-2H3,(H,8,9);;;;. The minimum Gasteiger partial charge on any atom is -0.481 e. The van der Waals surface area contributed by atoms with Crippen molar-refractivity contribution in [3.05, 3.63) is 0 Å². The van der Waals surface area contributed by atoms with Crippen molar-refractivity contribution < 1.29 is 9.90 Å². The fourth-order valence-electron chi connectivity index (χ4n) is 0.634. The molecular weight excluding hydrogens is 143 g/mol. The molecule has 1 unspecified atom stereocenters. The van der Waals surface area contributed by atoms with Gasteiger partial charge in [-0.25, -0.2) is 0 Å². The molecule has 0 radical (unpaired) electrons. The highest BCUT2D eigenvalue weighted by Crippen LogP contribution is 2.06. The second-order valence-electron chi connectivity index (χ2n) is 2.38. The Morgan fingerprint density at radius 3 is 2.40 bits per heavy atom. The van der Waals surface area contributed by atoms with Gasteiger partial charge < -0.3 is 5.11 Å². The van der Waals surface area contributed by atoms with Gasteiger partial charge in [0, 0.05) is 0 Å². The van der Waals surface area contributed by atoms with Gasteiger partial charge >= 0.3 is 5.97 Å². The van der Waals surface area contributed by atoms with E-state index in [1.165, 1.54) is 0 Å². The molecule has 0 bridgehead atoms. The largest absolute Gasteiger partial charge is 0.481 e. The van der Waals surface area contributed by atoms with E-state index < -0.39 is 5.97 Å². The molecule has 0 aliphatic rings. The van der Waals surface area contributed by atoms with E-state index in [1.807, 2.05) is 0 Å². The number of carboxylic acid groups (broad SMARTS) is 1. The van der Waals surface area contributed by atoms with Gasteiger partial charge in [0.25, 0.3) is 0 Å². The minimum atomic E-state index is -0.677. The minimum absolute atomic E-state index is 0. The van der Waals surface area contributed by atoms with E-state index in [9.17, 15) is 4.79 Å². The average molecular weight is 160 g/mol. The Bertz CT molecular complexity index is 93.6. The topological polar surface area (TPSA) is 37.3 Å². The van der Waals surface area contributed by atoms with Crippen LogP contribution in [0, 0.1) is 5.92 Å². The van der Waals surface area contributed by atoms with Crippen LogP contribution in [0.2, 0.25) is 0 Å². The Morgan fingerprint density at radius 2 is 2.10 bits per heavy atom. The van der Waals surface area contributed by atoms with Gasteiger partial charge in [-0.1, -0.05) is 26.7 Å². The van der Waals surface area contributed by atoms with Crippen molar-refractivity contribution in [3.63, 3.8) is 0 Å². The first-order chi connectivity index (χ1) is 4.18. The zero-order chi connectivity index (χ0) is 7.28. The molecule has 10 heavy (non-hydrogen) atoms. The highest BCUT2D eigenvalue weighted by Gasteiger charge is 2.08. The van der Waals surface area contributed by atoms with Crippen LogP contribution in [0.3, 0.4) is 0 Å². The average Bonchev–Trinajstić information content (AvgIpc) is 1.82. The molecule has 0 fully saturated rings. The second kappa shape index (κ2) is 7.11. The van der Waals surface area contributed by atoms with Crippen molar-refractivity contribution in [2.45, 2.75) is 33.1 Å². The lowest BCUT2D eigenvalue weighted by Crippen LogP contribution is -2.08. The summed E-state index contributed by atoms with van der Waals surface area (Å²) in [4.78, 5) is 10.2. The van der Waals surface area contributed by atoms with Gasteiger partial charge in [0.1, 0.15) is 0 Å². The Kier molecular flexibility index (Phi) is 9.00. The maximum Gasteiger partial charge on any atom is 0.306 e. The van der Waals surface area contributed by atoms with Gasteiger partial charge in [-0.15, -0.1) is 0 Å². The van der Waals surface area contributed by atoms with Crippen LogP contribution in [0.1, 0.15) is 33.1 Å². The number of hydrogen-bond acceptors (Lipinski definition) is 1. The molecular formula is C7H17AlO2. The summed E-state index contributed by atoms with van der Waals surface area (Å²) in [5.74, 6) is -0.839. The third-order valence-electron chi connectivity index (χ3n) is 1.41. The number of carbonyl (C=O) groups is 1. The summed E-state index contributed by atoms with van der Waals surface area (Å²) < 4.78 is 0. The van der Waals surface area contributed by atoms with Gasteiger partial charge in [0.15, 0.2) is 17.4 Å². The molecule has 0 amide bonds. The predicted molar refractivity (Wildman–Crippen MR) is 46.3 cm³/mol. The first kappa shape index (κ1) is 12.7. The first-order valence-electron chi connectivity index (χ1n) is 3.41. The molecule has 0 spiro atoms. The van der Waals surface area contributed by atoms with Crippen LogP contribution in [0.5, 0.6) is 0 Å². The van der Waals surface area contributed by atoms with Crippen LogP contribution in [-0.4, -0.2) is 28.4 Å². The zero-order valence-electron chi connectivity index (χ0n) is 6.05. The number of carboxylic acids is 1. The third kappa shape index (κ3) is 6.13. The van der Waals surface area contributed by atoms with Crippen molar-refractivity contribution in [2.75, 3.05) is 0 Å². The lowest BCUT2D eigenvalue weighted by molar-refractivity contribution is -0.141. The third-order valence-corrected chi connectivity index (χ3v) is 1.41. The molecule has 0 saturated carbocycles. The number of aliphatic carboxylic acids is 1. The smallest absolute Gasteiger partial charge is 0.306 e. The summed E-state index contributed by atoms with van der Waals surface area (Å²) in [6.45, 7) is 3.81. The van der Waals surface area contributed by atoms with Gasteiger partial charge in [-0.05, 0) is 6.42 Å². The fraction of sp³-hybridized carbons (Fsp3) is 0.857. The summed E-state index contributed by atoms with van der Waals surface area (Å²) in [7, 11) is 0. The van der Waals surface area contributed by atoms with E-state index >= 15 is 0 Å². The Morgan fingerprint density at radius 1 is 1.60 bits per heavy atom. The van der Waals surface area contributed by atoms with E-state index in [0.29, 0.717) is 0 Å². The van der Waals surface area contributed by atoms with Gasteiger partial charge in [-0.3, -0.25) is 4.79 Å². The van der Waals surface area contributed by atoms with Crippen molar-refractivity contribution >= 4 is 23.3 Å². The van der Waals surface area contributed by atoms with Crippen LogP contribution in [0.25, 0.3) is 0 Å². The highest BCUT2D eigenvalue weighted by atomic mass is 27.0. The Labute approximate surface area is 72.8 Å². The van der Waals surface area contributed by atoms with E-state index in [1.54, 1.807) is 6.92 Å². The van der Waals surface area contributed by atoms with Crippen molar-refractivity contribution in [3.8, 4) is 0 Å². The zero-order valence-corrected chi connectivity index (χ0v) is 6.05. The molecule has 60 valence electrons. The molecule has 0 aromatic heterocycles. The molecule has 0 aliphatic carbocycles. The quantitative estimate of drug-likeness (QED) is 0.615. The predicted octanol–water partition coefficient (Wildman–Crippen LogP) is 0.713. The first-order valence-corrected chi connectivity index (χ1v) is 3.41. The molecule has 0 aromatic carbocycles. The Hall–Kier alpha value is 0.00247. The molecule has 2 nitrogen and oxygen atoms in total. The highest BCUT2D eigenvalue weighted by molar-refractivity contribution is 5.75. The van der Waals surface area contributed by atoms with E-state index in [-0.39, 0.29) is 23.3 Å². The molecule has 1 atom stereocenters. The van der Waals surface area contributed by atoms with Gasteiger partial charge in [0.2, 0.25) is 0 Å². The molecule has 0 rings (SSSR count). The second-order valence-corrected chi connectivity index (χ2v) is 2.38. The summed E-state index contributed by atoms with van der Waals surface area (Å²) in [5, 5.41) is 8.41. The van der Waals surface area contributed by atoms with Gasteiger partial charge in [-0.2, -0.15) is 0 Å². The summed E-state index contributed by atoms with van der Waals surface area (Å²) in [6.07, 6.45) is 2.91. The Balaban J connectivity index is 0. The van der Waals surface area contributed by atoms with Crippen LogP contribution in [0.4, 0.5) is 0 Å². The maximum absolute atomic E-state index is 10.2. The number of hydrogen-bond donors (Lipinski definition) is 1. The summed E-state index contributed by atoms with van der Waals surface area (Å²) >= 11 is 0. The molecule has 3 heteroatoms. The lowest BCUT2D eigenvalue weighted by atomic mass is 10.1. The van der Waals surface area contributed by atoms with Crippen LogP contribution >= 0.6 is 0 Å². The summed E-state index contributed by atoms with van der Waals surface area (Å²) in [5.41, 5.74) is 0. The fourth-order valence-corrected chi connectivity index (χ4v) is 0.634. The normalized spacial score (nSPS) is 11.8. The van der Waals surface area contributed by atoms with Crippen molar-refractivity contribution in [2.24, 2.45) is 5.92 Å². The van der Waals surface area contributed by atoms with E-state index in [0.717, 1.165) is 19.3 Å². The van der Waals surface area contributed by atoms with E-state index in [4.69, 9.17) is 5.11 Å². The number of unbranched alkanes of at least 4 members (excludes halogenated alkanes) is 1. The SMILES string of the molecule is CCCCC(C)C(=O)O.[AlH3]. The molecule has 0 aliphatic heterocycles. The van der Waals surface area contributed by atoms with Crippen molar-refractivity contribution in [1.82, 2.24) is 0 Å². The van der Waals surface area contributed by atoms with E-state index in [2.05, 4.69) is 6.92 Å². The van der Waals surface area contributed by atoms with Crippen LogP contribution in [0.15, 0.2) is 0 Å². The lowest BCUT2D eigenvalue weighted by Gasteiger charge is -2.02. The molecule has 0 aromatic rings. The number of rotatable bonds is 4. The maximum atomic E-state index is 10.2. The monoisotopic (exact) mass is 160 g/mol. The van der Waals surface area contributed by atoms with Gasteiger partial charge in [0.05, 0.1) is 5.92 Å². The van der Waals surface area contributed by atoms with Crippen LogP contribution < -0.4 is 0 Å². The summed E-state index contributed by atoms with van der Waals surface area (Å²) in [6, 6.07) is 0. The van der Waals surface area contributed by atoms with Crippen molar-refractivity contribution in [1.29, 1.82) is 0 Å². The molecule has 0 saturated heterocycles. The molecule has 1 N–H and O–H groups in total. The van der Waals surface area contributed by atoms with Crippen LogP contribution in [-0.2, 0) is 4.79 Å². The molecule has 0 heterocycles.